The molecule has 1 saturated heterocycles. The van der Waals surface area contributed by atoms with Gasteiger partial charge in [0.25, 0.3) is 0 Å². The van der Waals surface area contributed by atoms with Crippen LogP contribution in [0.1, 0.15) is 59.3 Å². The molecule has 1 atom stereocenters. The van der Waals surface area contributed by atoms with Crippen LogP contribution in [0.15, 0.2) is 0 Å². The van der Waals surface area contributed by atoms with E-state index in [1.807, 2.05) is 20.8 Å². The number of nitrogens with one attached hydrogen (secondary N) is 1. The van der Waals surface area contributed by atoms with Gasteiger partial charge in [0.05, 0.1) is 19.3 Å². The van der Waals surface area contributed by atoms with Gasteiger partial charge in [-0.1, -0.05) is 0 Å². The Labute approximate surface area is 150 Å². The summed E-state index contributed by atoms with van der Waals surface area (Å²) >= 11 is 0. The zero-order chi connectivity index (χ0) is 18.0. The minimum absolute atomic E-state index is 0.0936. The molecule has 142 valence electrons. The van der Waals surface area contributed by atoms with E-state index in [0.717, 1.165) is 32.2 Å². The first kappa shape index (κ1) is 18.5. The fourth-order valence-corrected chi connectivity index (χ4v) is 3.96. The number of hydrogen-bond acceptors (Lipinski definition) is 4. The lowest BCUT2D eigenvalue weighted by molar-refractivity contribution is -0.146. The van der Waals surface area contributed by atoms with Gasteiger partial charge in [-0.2, -0.15) is 0 Å². The lowest BCUT2D eigenvalue weighted by Gasteiger charge is -2.39. The van der Waals surface area contributed by atoms with Gasteiger partial charge in [0.15, 0.2) is 0 Å². The second-order valence-electron chi connectivity index (χ2n) is 8.71. The second kappa shape index (κ2) is 7.52. The van der Waals surface area contributed by atoms with E-state index in [0.29, 0.717) is 31.1 Å². The molecule has 3 fully saturated rings. The number of hydrogen-bond donors (Lipinski definition) is 1. The van der Waals surface area contributed by atoms with Crippen molar-refractivity contribution in [3.63, 3.8) is 0 Å². The maximum atomic E-state index is 13.0. The van der Waals surface area contributed by atoms with Gasteiger partial charge in [0.1, 0.15) is 5.60 Å². The van der Waals surface area contributed by atoms with E-state index in [-0.39, 0.29) is 18.1 Å². The Bertz CT molecular complexity index is 490. The summed E-state index contributed by atoms with van der Waals surface area (Å²) in [7, 11) is 0. The van der Waals surface area contributed by atoms with Crippen molar-refractivity contribution in [3.8, 4) is 0 Å². The van der Waals surface area contributed by atoms with E-state index in [1.165, 1.54) is 12.8 Å². The molecule has 0 aromatic heterocycles. The zero-order valence-corrected chi connectivity index (χ0v) is 15.8. The van der Waals surface area contributed by atoms with Crippen molar-refractivity contribution in [1.29, 1.82) is 0 Å². The van der Waals surface area contributed by atoms with Crippen LogP contribution in [0.25, 0.3) is 0 Å². The Balaban J connectivity index is 1.46. The number of morpholine rings is 1. The third-order valence-corrected chi connectivity index (χ3v) is 5.41. The molecular formula is C19H32N2O4. The first-order chi connectivity index (χ1) is 11.8. The summed E-state index contributed by atoms with van der Waals surface area (Å²) in [5.41, 5.74) is -0.481. The minimum atomic E-state index is -0.481. The van der Waals surface area contributed by atoms with Gasteiger partial charge in [-0.3, -0.25) is 4.79 Å². The van der Waals surface area contributed by atoms with E-state index in [4.69, 9.17) is 9.47 Å². The van der Waals surface area contributed by atoms with Crippen molar-refractivity contribution < 1.29 is 19.1 Å². The summed E-state index contributed by atoms with van der Waals surface area (Å²) in [6.07, 6.45) is 5.46. The zero-order valence-electron chi connectivity index (χ0n) is 15.8. The highest BCUT2D eigenvalue weighted by Crippen LogP contribution is 2.38. The SMILES string of the molecule is CC(C)(C)OC(=O)NC1CCC(C(=O)N2CCOCC2C2CC2)CC1. The molecule has 6 heteroatoms. The fourth-order valence-electron chi connectivity index (χ4n) is 3.96. The molecule has 2 aliphatic carbocycles. The maximum absolute atomic E-state index is 13.0. The summed E-state index contributed by atoms with van der Waals surface area (Å²) in [5.74, 6) is 1.04. The van der Waals surface area contributed by atoms with Gasteiger partial charge >= 0.3 is 6.09 Å². The Kier molecular flexibility index (Phi) is 5.56. The number of carbonyl (C=O) groups is 2. The topological polar surface area (TPSA) is 67.9 Å². The van der Waals surface area contributed by atoms with E-state index in [2.05, 4.69) is 10.2 Å². The summed E-state index contributed by atoms with van der Waals surface area (Å²) in [4.78, 5) is 27.0. The largest absolute Gasteiger partial charge is 0.444 e. The van der Waals surface area contributed by atoms with Gasteiger partial charge in [0, 0.05) is 18.5 Å². The van der Waals surface area contributed by atoms with Crippen molar-refractivity contribution in [2.75, 3.05) is 19.8 Å². The lowest BCUT2D eigenvalue weighted by Crippen LogP contribution is -2.52. The average Bonchev–Trinajstić information content (AvgIpc) is 3.38. The molecule has 1 heterocycles. The third kappa shape index (κ3) is 5.09. The number of carbonyl (C=O) groups excluding carboxylic acids is 2. The average molecular weight is 352 g/mol. The van der Waals surface area contributed by atoms with Crippen LogP contribution in [0.3, 0.4) is 0 Å². The molecule has 0 spiro atoms. The van der Waals surface area contributed by atoms with Crippen LogP contribution in [0.5, 0.6) is 0 Å². The predicted octanol–water partition coefficient (Wildman–Crippen LogP) is 2.71. The Morgan fingerprint density at radius 1 is 1.08 bits per heavy atom. The van der Waals surface area contributed by atoms with E-state index in [9.17, 15) is 9.59 Å². The summed E-state index contributed by atoms with van der Waals surface area (Å²) in [5, 5.41) is 2.95. The molecule has 3 aliphatic rings. The normalized spacial score (nSPS) is 30.7. The Hall–Kier alpha value is -1.30. The van der Waals surface area contributed by atoms with Crippen molar-refractivity contribution in [1.82, 2.24) is 10.2 Å². The van der Waals surface area contributed by atoms with Crippen LogP contribution in [0.4, 0.5) is 4.79 Å². The number of ether oxygens (including phenoxy) is 2. The first-order valence-electron chi connectivity index (χ1n) is 9.71. The van der Waals surface area contributed by atoms with Crippen LogP contribution in [0, 0.1) is 11.8 Å². The molecule has 1 N–H and O–H groups in total. The van der Waals surface area contributed by atoms with E-state index in [1.54, 1.807) is 0 Å². The molecule has 2 amide bonds. The second-order valence-corrected chi connectivity index (χ2v) is 8.71. The van der Waals surface area contributed by atoms with Crippen LogP contribution in [0.2, 0.25) is 0 Å². The molecule has 3 rings (SSSR count). The Morgan fingerprint density at radius 3 is 2.36 bits per heavy atom. The third-order valence-electron chi connectivity index (χ3n) is 5.41. The molecule has 25 heavy (non-hydrogen) atoms. The van der Waals surface area contributed by atoms with Gasteiger partial charge in [-0.15, -0.1) is 0 Å². The minimum Gasteiger partial charge on any atom is -0.444 e. The number of nitrogens with zero attached hydrogens (tertiary/aromatic N) is 1. The van der Waals surface area contributed by atoms with E-state index >= 15 is 0 Å². The van der Waals surface area contributed by atoms with Crippen LogP contribution in [-0.2, 0) is 14.3 Å². The fraction of sp³-hybridized carbons (Fsp3) is 0.895. The highest BCUT2D eigenvalue weighted by atomic mass is 16.6. The molecule has 0 aromatic carbocycles. The van der Waals surface area contributed by atoms with Crippen LogP contribution >= 0.6 is 0 Å². The number of amides is 2. The molecule has 6 nitrogen and oxygen atoms in total. The van der Waals surface area contributed by atoms with Crippen molar-refractivity contribution in [2.24, 2.45) is 11.8 Å². The maximum Gasteiger partial charge on any atom is 0.407 e. The summed E-state index contributed by atoms with van der Waals surface area (Å²) in [6.45, 7) is 7.68. The first-order valence-corrected chi connectivity index (χ1v) is 9.71. The molecule has 0 radical (unpaired) electrons. The molecule has 1 unspecified atom stereocenters. The highest BCUT2D eigenvalue weighted by molar-refractivity contribution is 5.79. The monoisotopic (exact) mass is 352 g/mol. The molecule has 2 saturated carbocycles. The molecular weight excluding hydrogens is 320 g/mol. The van der Waals surface area contributed by atoms with Gasteiger partial charge in [-0.05, 0) is 65.2 Å². The quantitative estimate of drug-likeness (QED) is 0.848. The number of alkyl carbamates (subject to hydrolysis) is 1. The highest BCUT2D eigenvalue weighted by Gasteiger charge is 2.41. The van der Waals surface area contributed by atoms with Crippen molar-refractivity contribution in [2.45, 2.75) is 77.0 Å². The summed E-state index contributed by atoms with van der Waals surface area (Å²) in [6, 6.07) is 0.404. The van der Waals surface area contributed by atoms with Crippen molar-refractivity contribution >= 4 is 12.0 Å². The van der Waals surface area contributed by atoms with Crippen molar-refractivity contribution in [3.05, 3.63) is 0 Å². The van der Waals surface area contributed by atoms with Gasteiger partial charge in [0.2, 0.25) is 5.91 Å². The summed E-state index contributed by atoms with van der Waals surface area (Å²) < 4.78 is 10.9. The lowest BCUT2D eigenvalue weighted by atomic mass is 9.84. The Morgan fingerprint density at radius 2 is 1.76 bits per heavy atom. The van der Waals surface area contributed by atoms with Gasteiger partial charge in [-0.25, -0.2) is 4.79 Å². The standard InChI is InChI=1S/C19H32N2O4/c1-19(2,3)25-18(23)20-15-8-6-14(7-9-15)17(22)21-10-11-24-12-16(21)13-4-5-13/h13-16H,4-12H2,1-3H3,(H,20,23). The number of rotatable bonds is 3. The van der Waals surface area contributed by atoms with Crippen LogP contribution in [-0.4, -0.2) is 54.3 Å². The van der Waals surface area contributed by atoms with E-state index < -0.39 is 5.60 Å². The smallest absolute Gasteiger partial charge is 0.407 e. The molecule has 0 aromatic rings. The predicted molar refractivity (Wildman–Crippen MR) is 94.2 cm³/mol. The molecule has 0 bridgehead atoms. The van der Waals surface area contributed by atoms with Gasteiger partial charge < -0.3 is 19.7 Å². The van der Waals surface area contributed by atoms with Crippen LogP contribution < -0.4 is 5.32 Å². The molecule has 1 aliphatic heterocycles.